The lowest BCUT2D eigenvalue weighted by Gasteiger charge is -2.02. The number of alkyl halides is 1. The van der Waals surface area contributed by atoms with Crippen LogP contribution in [0.2, 0.25) is 0 Å². The van der Waals surface area contributed by atoms with Crippen LogP contribution in [0.4, 0.5) is 0 Å². The zero-order valence-corrected chi connectivity index (χ0v) is 6.52. The zero-order valence-electron chi connectivity index (χ0n) is 4.94. The molecule has 1 atom stereocenters. The summed E-state index contributed by atoms with van der Waals surface area (Å²) in [5.74, 6) is 0. The molecule has 0 amide bonds. The predicted molar refractivity (Wildman–Crippen MR) is 39.0 cm³/mol. The van der Waals surface area contributed by atoms with Crippen molar-refractivity contribution in [1.82, 2.24) is 0 Å². The highest BCUT2D eigenvalue weighted by molar-refractivity contribution is 9.09. The van der Waals surface area contributed by atoms with Crippen LogP contribution in [0.15, 0.2) is 0 Å². The number of unbranched alkanes of at least 4 members (excludes halogenated alkanes) is 1. The van der Waals surface area contributed by atoms with Crippen LogP contribution >= 0.6 is 15.9 Å². The molecule has 8 heavy (non-hydrogen) atoms. The first-order valence-electron chi connectivity index (χ1n) is 2.84. The fourth-order valence-electron chi connectivity index (χ4n) is 0.457. The van der Waals surface area contributed by atoms with Gasteiger partial charge >= 0.3 is 0 Å². The van der Waals surface area contributed by atoms with Crippen molar-refractivity contribution in [2.75, 3.05) is 5.33 Å². The van der Waals surface area contributed by atoms with Crippen LogP contribution in [0.5, 0.6) is 0 Å². The normalized spacial score (nSPS) is 13.9. The van der Waals surface area contributed by atoms with Crippen molar-refractivity contribution in [2.24, 2.45) is 0 Å². The molecule has 0 aromatic rings. The number of rotatable bonds is 4. The maximum absolute atomic E-state index is 8.91. The van der Waals surface area contributed by atoms with Crippen LogP contribution in [0.1, 0.15) is 19.3 Å². The Morgan fingerprint density at radius 2 is 2.25 bits per heavy atom. The molecule has 1 unspecified atom stereocenters. The van der Waals surface area contributed by atoms with E-state index < -0.39 is 0 Å². The van der Waals surface area contributed by atoms with E-state index in [2.05, 4.69) is 22.9 Å². The SMILES string of the molecule is [CH2]CCCC(O)CBr. The minimum atomic E-state index is -0.170. The summed E-state index contributed by atoms with van der Waals surface area (Å²) in [6, 6.07) is 0. The van der Waals surface area contributed by atoms with Gasteiger partial charge in [-0.3, -0.25) is 0 Å². The minimum absolute atomic E-state index is 0.170. The molecule has 0 saturated heterocycles. The number of aliphatic hydroxyl groups excluding tert-OH is 1. The van der Waals surface area contributed by atoms with Crippen LogP contribution in [-0.4, -0.2) is 16.5 Å². The number of aliphatic hydroxyl groups is 1. The molecule has 0 bridgehead atoms. The molecule has 49 valence electrons. The van der Waals surface area contributed by atoms with Gasteiger partial charge in [-0.25, -0.2) is 0 Å². The summed E-state index contributed by atoms with van der Waals surface area (Å²) in [5.41, 5.74) is 0. The van der Waals surface area contributed by atoms with Crippen LogP contribution in [-0.2, 0) is 0 Å². The highest BCUT2D eigenvalue weighted by atomic mass is 79.9. The maximum Gasteiger partial charge on any atom is 0.0637 e. The maximum atomic E-state index is 8.91. The molecule has 1 N–H and O–H groups in total. The van der Waals surface area contributed by atoms with Gasteiger partial charge in [0, 0.05) is 5.33 Å². The summed E-state index contributed by atoms with van der Waals surface area (Å²) >= 11 is 3.17. The van der Waals surface area contributed by atoms with E-state index in [1.54, 1.807) is 0 Å². The Morgan fingerprint density at radius 1 is 1.62 bits per heavy atom. The summed E-state index contributed by atoms with van der Waals surface area (Å²) < 4.78 is 0. The summed E-state index contributed by atoms with van der Waals surface area (Å²) in [5, 5.41) is 9.60. The predicted octanol–water partition coefficient (Wildman–Crippen LogP) is 1.75. The van der Waals surface area contributed by atoms with E-state index in [0.717, 1.165) is 19.3 Å². The van der Waals surface area contributed by atoms with Gasteiger partial charge in [-0.05, 0) is 6.42 Å². The van der Waals surface area contributed by atoms with E-state index in [0.29, 0.717) is 5.33 Å². The fraction of sp³-hybridized carbons (Fsp3) is 0.833. The summed E-state index contributed by atoms with van der Waals surface area (Å²) in [6.45, 7) is 3.67. The molecule has 0 aromatic carbocycles. The van der Waals surface area contributed by atoms with Gasteiger partial charge in [-0.2, -0.15) is 0 Å². The second-order valence-corrected chi connectivity index (χ2v) is 2.45. The minimum Gasteiger partial charge on any atom is -0.392 e. The Morgan fingerprint density at radius 3 is 2.62 bits per heavy atom. The monoisotopic (exact) mass is 179 g/mol. The van der Waals surface area contributed by atoms with Gasteiger partial charge in [0.2, 0.25) is 0 Å². The van der Waals surface area contributed by atoms with Crippen LogP contribution in [0.3, 0.4) is 0 Å². The van der Waals surface area contributed by atoms with Crippen LogP contribution in [0.25, 0.3) is 0 Å². The van der Waals surface area contributed by atoms with Gasteiger partial charge in [-0.15, -0.1) is 0 Å². The van der Waals surface area contributed by atoms with Crippen molar-refractivity contribution in [1.29, 1.82) is 0 Å². The molecule has 0 aliphatic rings. The van der Waals surface area contributed by atoms with Crippen molar-refractivity contribution in [2.45, 2.75) is 25.4 Å². The van der Waals surface area contributed by atoms with E-state index in [4.69, 9.17) is 5.11 Å². The average Bonchev–Trinajstić information content (AvgIpc) is 1.83. The molecule has 0 rings (SSSR count). The number of hydrogen-bond acceptors (Lipinski definition) is 1. The van der Waals surface area contributed by atoms with Crippen LogP contribution < -0.4 is 0 Å². The summed E-state index contributed by atoms with van der Waals surface area (Å²) in [6.07, 6.45) is 2.64. The van der Waals surface area contributed by atoms with E-state index in [1.165, 1.54) is 0 Å². The largest absolute Gasteiger partial charge is 0.392 e. The zero-order chi connectivity index (χ0) is 6.41. The molecule has 0 spiro atoms. The molecular formula is C6H12BrO. The van der Waals surface area contributed by atoms with Crippen molar-refractivity contribution < 1.29 is 5.11 Å². The first-order valence-corrected chi connectivity index (χ1v) is 3.96. The average molecular weight is 180 g/mol. The molecule has 1 nitrogen and oxygen atoms in total. The molecule has 0 saturated carbocycles. The quantitative estimate of drug-likeness (QED) is 0.653. The topological polar surface area (TPSA) is 20.2 Å². The second-order valence-electron chi connectivity index (χ2n) is 1.80. The molecule has 2 heteroatoms. The van der Waals surface area contributed by atoms with E-state index >= 15 is 0 Å². The summed E-state index contributed by atoms with van der Waals surface area (Å²) in [4.78, 5) is 0. The standard InChI is InChI=1S/C6H12BrO/c1-2-3-4-6(8)5-7/h6,8H,1-5H2. The van der Waals surface area contributed by atoms with Crippen LogP contribution in [0, 0.1) is 6.92 Å². The fourth-order valence-corrected chi connectivity index (χ4v) is 0.781. The third kappa shape index (κ3) is 4.60. The Hall–Kier alpha value is 0.440. The molecule has 1 radical (unpaired) electrons. The van der Waals surface area contributed by atoms with E-state index in [9.17, 15) is 0 Å². The van der Waals surface area contributed by atoms with E-state index in [-0.39, 0.29) is 6.10 Å². The van der Waals surface area contributed by atoms with Gasteiger partial charge in [-0.1, -0.05) is 35.7 Å². The van der Waals surface area contributed by atoms with Gasteiger partial charge in [0.25, 0.3) is 0 Å². The van der Waals surface area contributed by atoms with Gasteiger partial charge in [0.05, 0.1) is 6.10 Å². The molecule has 0 fully saturated rings. The van der Waals surface area contributed by atoms with Gasteiger partial charge in [0.1, 0.15) is 0 Å². The van der Waals surface area contributed by atoms with Crippen molar-refractivity contribution in [3.8, 4) is 0 Å². The molecule has 0 aliphatic carbocycles. The first-order chi connectivity index (χ1) is 3.81. The number of halogens is 1. The second kappa shape index (κ2) is 5.57. The lowest BCUT2D eigenvalue weighted by Crippen LogP contribution is -2.06. The van der Waals surface area contributed by atoms with Crippen molar-refractivity contribution in [3.63, 3.8) is 0 Å². The third-order valence-electron chi connectivity index (χ3n) is 0.965. The van der Waals surface area contributed by atoms with Crippen molar-refractivity contribution >= 4 is 15.9 Å². The smallest absolute Gasteiger partial charge is 0.0637 e. The van der Waals surface area contributed by atoms with Gasteiger partial charge < -0.3 is 5.11 Å². The molecule has 0 heterocycles. The first kappa shape index (κ1) is 8.44. The van der Waals surface area contributed by atoms with E-state index in [1.807, 2.05) is 0 Å². The number of hydrogen-bond donors (Lipinski definition) is 1. The third-order valence-corrected chi connectivity index (χ3v) is 1.71. The highest BCUT2D eigenvalue weighted by Crippen LogP contribution is 2.01. The van der Waals surface area contributed by atoms with Gasteiger partial charge in [0.15, 0.2) is 0 Å². The highest BCUT2D eigenvalue weighted by Gasteiger charge is 1.97. The lowest BCUT2D eigenvalue weighted by molar-refractivity contribution is 0.188. The Balaban J connectivity index is 2.86. The molecular weight excluding hydrogens is 168 g/mol. The Labute approximate surface area is 59.2 Å². The Bertz CT molecular complexity index is 47.8. The molecule has 0 aliphatic heterocycles. The lowest BCUT2D eigenvalue weighted by atomic mass is 10.2. The van der Waals surface area contributed by atoms with Crippen molar-refractivity contribution in [3.05, 3.63) is 6.92 Å². The Kier molecular flexibility index (Phi) is 5.88. The summed E-state index contributed by atoms with van der Waals surface area (Å²) in [7, 11) is 0. The molecule has 0 aromatic heterocycles.